The lowest BCUT2D eigenvalue weighted by Crippen LogP contribution is -2.47. The van der Waals surface area contributed by atoms with Gasteiger partial charge >= 0.3 is 0 Å². The average molecular weight is 427 g/mol. The maximum absolute atomic E-state index is 13.6. The first-order valence-corrected chi connectivity index (χ1v) is 10.7. The molecule has 9 heteroatoms. The van der Waals surface area contributed by atoms with Gasteiger partial charge in [0.25, 0.3) is 5.91 Å². The van der Waals surface area contributed by atoms with E-state index in [4.69, 9.17) is 4.74 Å². The van der Waals surface area contributed by atoms with Crippen LogP contribution < -0.4 is 4.74 Å². The van der Waals surface area contributed by atoms with Crippen molar-refractivity contribution in [1.82, 2.24) is 34.8 Å². The largest absolute Gasteiger partial charge is 0.472 e. The molecule has 5 heterocycles. The minimum Gasteiger partial charge on any atom is -0.472 e. The molecular formula is C23H21N7O2. The summed E-state index contributed by atoms with van der Waals surface area (Å²) in [5.41, 5.74) is 2.37. The summed E-state index contributed by atoms with van der Waals surface area (Å²) in [6.07, 6.45) is 6.61. The molecule has 160 valence electrons. The monoisotopic (exact) mass is 427 g/mol. The minimum atomic E-state index is -0.116. The van der Waals surface area contributed by atoms with Gasteiger partial charge in [-0.25, -0.2) is 9.97 Å². The molecule has 0 radical (unpaired) electrons. The van der Waals surface area contributed by atoms with Crippen LogP contribution >= 0.6 is 0 Å². The molecule has 1 aliphatic heterocycles. The lowest BCUT2D eigenvalue weighted by molar-refractivity contribution is 0.0462. The molecule has 3 unspecified atom stereocenters. The number of carbonyl (C=O) groups excluding carboxylic acids is 1. The van der Waals surface area contributed by atoms with E-state index < -0.39 is 0 Å². The summed E-state index contributed by atoms with van der Waals surface area (Å²) in [6.45, 7) is 2.58. The molecule has 2 fully saturated rings. The Morgan fingerprint density at radius 2 is 1.91 bits per heavy atom. The molecule has 0 aromatic carbocycles. The number of fused-ring (bicyclic) bond motifs is 3. The molecule has 1 aliphatic carbocycles. The third-order valence-electron chi connectivity index (χ3n) is 6.25. The Morgan fingerprint density at radius 3 is 2.75 bits per heavy atom. The lowest BCUT2D eigenvalue weighted by atomic mass is 10.1. The number of hydrogen-bond acceptors (Lipinski definition) is 7. The number of piperidine rings is 1. The molecule has 9 nitrogen and oxygen atoms in total. The van der Waals surface area contributed by atoms with Crippen molar-refractivity contribution in [2.45, 2.75) is 31.9 Å². The lowest BCUT2D eigenvalue weighted by Gasteiger charge is -2.33. The van der Waals surface area contributed by atoms with Crippen LogP contribution in [-0.4, -0.2) is 59.4 Å². The van der Waals surface area contributed by atoms with Crippen molar-refractivity contribution in [2.75, 3.05) is 6.54 Å². The predicted molar refractivity (Wildman–Crippen MR) is 115 cm³/mol. The van der Waals surface area contributed by atoms with Crippen LogP contribution in [-0.2, 0) is 0 Å². The maximum Gasteiger partial charge on any atom is 0.275 e. The van der Waals surface area contributed by atoms with Crippen molar-refractivity contribution in [1.29, 1.82) is 0 Å². The zero-order valence-corrected chi connectivity index (χ0v) is 17.5. The zero-order valence-electron chi connectivity index (χ0n) is 17.5. The van der Waals surface area contributed by atoms with Crippen LogP contribution in [0.1, 0.15) is 29.0 Å². The van der Waals surface area contributed by atoms with Crippen molar-refractivity contribution >= 4 is 16.9 Å². The number of nitrogens with zero attached hydrogens (tertiary/aromatic N) is 7. The Kier molecular flexibility index (Phi) is 4.34. The van der Waals surface area contributed by atoms with Gasteiger partial charge in [-0.15, -0.1) is 4.80 Å². The normalized spacial score (nSPS) is 21.9. The van der Waals surface area contributed by atoms with Gasteiger partial charge in [0.15, 0.2) is 11.3 Å². The molecule has 4 aromatic heterocycles. The number of amides is 1. The van der Waals surface area contributed by atoms with Gasteiger partial charge in [0.1, 0.15) is 11.8 Å². The van der Waals surface area contributed by atoms with Gasteiger partial charge < -0.3 is 9.64 Å². The quantitative estimate of drug-likeness (QED) is 0.494. The predicted octanol–water partition coefficient (Wildman–Crippen LogP) is 2.60. The van der Waals surface area contributed by atoms with Crippen molar-refractivity contribution in [3.63, 3.8) is 0 Å². The Hall–Kier alpha value is -3.88. The van der Waals surface area contributed by atoms with Gasteiger partial charge in [0.05, 0.1) is 18.4 Å². The second kappa shape index (κ2) is 7.37. The van der Waals surface area contributed by atoms with Crippen molar-refractivity contribution in [3.8, 4) is 11.6 Å². The zero-order chi connectivity index (χ0) is 21.7. The molecule has 4 aromatic rings. The van der Waals surface area contributed by atoms with E-state index in [1.165, 1.54) is 4.80 Å². The van der Waals surface area contributed by atoms with Gasteiger partial charge in [-0.3, -0.25) is 4.79 Å². The van der Waals surface area contributed by atoms with E-state index in [1.807, 2.05) is 48.2 Å². The van der Waals surface area contributed by atoms with E-state index in [9.17, 15) is 4.79 Å². The van der Waals surface area contributed by atoms with E-state index in [-0.39, 0.29) is 18.1 Å². The first-order valence-electron chi connectivity index (χ1n) is 10.7. The number of pyridine rings is 3. The smallest absolute Gasteiger partial charge is 0.275 e. The SMILES string of the molecule is Cc1ccc(-n2nccn2)c(C(=O)N2CC3CC(Oc4ccc5cccnc5n4)C2C3)n1. The third kappa shape index (κ3) is 3.17. The van der Waals surface area contributed by atoms with E-state index >= 15 is 0 Å². The minimum absolute atomic E-state index is 0.0190. The summed E-state index contributed by atoms with van der Waals surface area (Å²) in [4.78, 5) is 30.3. The fourth-order valence-corrected chi connectivity index (χ4v) is 4.83. The molecule has 0 N–H and O–H groups in total. The highest BCUT2D eigenvalue weighted by Gasteiger charge is 2.49. The van der Waals surface area contributed by atoms with Gasteiger partial charge in [-0.05, 0) is 56.0 Å². The van der Waals surface area contributed by atoms with Gasteiger partial charge in [0.2, 0.25) is 5.88 Å². The van der Waals surface area contributed by atoms with Crippen molar-refractivity contribution in [2.24, 2.45) is 5.92 Å². The molecule has 2 aliphatic rings. The summed E-state index contributed by atoms with van der Waals surface area (Å²) in [5.74, 6) is 0.829. The van der Waals surface area contributed by atoms with Crippen LogP contribution in [0.3, 0.4) is 0 Å². The number of aryl methyl sites for hydroxylation is 1. The molecule has 1 saturated carbocycles. The average Bonchev–Trinajstić information content (AvgIpc) is 3.56. The van der Waals surface area contributed by atoms with Crippen LogP contribution in [0, 0.1) is 12.8 Å². The summed E-state index contributed by atoms with van der Waals surface area (Å²) in [5, 5.41) is 9.34. The van der Waals surface area contributed by atoms with E-state index in [2.05, 4.69) is 25.1 Å². The Bertz CT molecular complexity index is 1310. The highest BCUT2D eigenvalue weighted by Crippen LogP contribution is 2.40. The molecule has 1 saturated heterocycles. The molecular weight excluding hydrogens is 406 g/mol. The summed E-state index contributed by atoms with van der Waals surface area (Å²) in [6, 6.07) is 11.4. The van der Waals surface area contributed by atoms with E-state index in [0.717, 1.165) is 23.9 Å². The van der Waals surface area contributed by atoms with Crippen LogP contribution in [0.25, 0.3) is 16.7 Å². The number of likely N-dealkylation sites (tertiary alicyclic amines) is 1. The summed E-state index contributed by atoms with van der Waals surface area (Å²) >= 11 is 0. The van der Waals surface area contributed by atoms with Gasteiger partial charge in [0, 0.05) is 29.9 Å². The number of hydrogen-bond donors (Lipinski definition) is 0. The van der Waals surface area contributed by atoms with Gasteiger partial charge in [-0.2, -0.15) is 15.2 Å². The number of rotatable bonds is 4. The highest BCUT2D eigenvalue weighted by molar-refractivity contribution is 5.96. The van der Waals surface area contributed by atoms with Crippen LogP contribution in [0.2, 0.25) is 0 Å². The second-order valence-electron chi connectivity index (χ2n) is 8.36. The molecule has 2 bridgehead atoms. The molecule has 6 rings (SSSR count). The Labute approximate surface area is 184 Å². The van der Waals surface area contributed by atoms with Crippen molar-refractivity contribution in [3.05, 3.63) is 66.4 Å². The molecule has 1 amide bonds. The third-order valence-corrected chi connectivity index (χ3v) is 6.25. The van der Waals surface area contributed by atoms with Crippen LogP contribution in [0.15, 0.2) is 55.0 Å². The second-order valence-corrected chi connectivity index (χ2v) is 8.36. The fourth-order valence-electron chi connectivity index (χ4n) is 4.83. The Morgan fingerprint density at radius 1 is 1.03 bits per heavy atom. The maximum atomic E-state index is 13.6. The number of carbonyl (C=O) groups is 1. The summed E-state index contributed by atoms with van der Waals surface area (Å²) < 4.78 is 6.26. The molecule has 3 atom stereocenters. The highest BCUT2D eigenvalue weighted by atomic mass is 16.5. The first-order chi connectivity index (χ1) is 15.7. The van der Waals surface area contributed by atoms with Gasteiger partial charge in [-0.1, -0.05) is 0 Å². The Balaban J connectivity index is 1.27. The number of ether oxygens (including phenoxy) is 1. The standard InChI is InChI=1S/C23H21N7O2/c1-14-4-6-17(30-25-9-10-26-30)21(27-14)23(31)29-13-15-11-18(29)19(12-15)32-20-7-5-16-3-2-8-24-22(16)28-20/h2-10,15,18-19H,11-13H2,1H3. The van der Waals surface area contributed by atoms with E-state index in [0.29, 0.717) is 35.4 Å². The van der Waals surface area contributed by atoms with E-state index in [1.54, 1.807) is 18.6 Å². The topological polar surface area (TPSA) is 98.9 Å². The molecule has 0 spiro atoms. The fraction of sp³-hybridized carbons (Fsp3) is 0.304. The molecule has 32 heavy (non-hydrogen) atoms. The number of aromatic nitrogens is 6. The van der Waals surface area contributed by atoms with Crippen LogP contribution in [0.4, 0.5) is 0 Å². The first kappa shape index (κ1) is 18.9. The van der Waals surface area contributed by atoms with Crippen LogP contribution in [0.5, 0.6) is 5.88 Å². The summed E-state index contributed by atoms with van der Waals surface area (Å²) in [7, 11) is 0. The van der Waals surface area contributed by atoms with Crippen molar-refractivity contribution < 1.29 is 9.53 Å².